The number of esters is 1. The molecule has 0 aromatic carbocycles. The van der Waals surface area contributed by atoms with Crippen molar-refractivity contribution in [1.29, 1.82) is 0 Å². The van der Waals surface area contributed by atoms with Crippen LogP contribution in [0.2, 0.25) is 0 Å². The first kappa shape index (κ1) is 11.1. The number of carboxylic acids is 1. The molecular formula is C13H18O4. The van der Waals surface area contributed by atoms with Gasteiger partial charge in [-0.05, 0) is 49.9 Å². The molecule has 0 saturated heterocycles. The second-order valence-electron chi connectivity index (χ2n) is 6.11. The molecule has 4 aliphatic rings. The van der Waals surface area contributed by atoms with Gasteiger partial charge in [-0.3, -0.25) is 9.59 Å². The smallest absolute Gasteiger partial charge is 0.311 e. The third kappa shape index (κ3) is 1.42. The fourth-order valence-corrected chi connectivity index (χ4v) is 4.89. The van der Waals surface area contributed by atoms with Crippen molar-refractivity contribution >= 4 is 11.9 Å². The number of carbonyl (C=O) groups is 2. The van der Waals surface area contributed by atoms with Gasteiger partial charge in [0.25, 0.3) is 0 Å². The summed E-state index contributed by atoms with van der Waals surface area (Å²) in [6.45, 7) is 0. The quantitative estimate of drug-likeness (QED) is 0.743. The fraction of sp³-hybridized carbons (Fsp3) is 0.846. The monoisotopic (exact) mass is 238 g/mol. The fourth-order valence-electron chi connectivity index (χ4n) is 4.89. The van der Waals surface area contributed by atoms with Crippen LogP contribution in [0.5, 0.6) is 0 Å². The molecule has 94 valence electrons. The molecule has 4 rings (SSSR count). The normalized spacial score (nSPS) is 46.9. The predicted octanol–water partition coefficient (Wildman–Crippen LogP) is 1.69. The maximum atomic E-state index is 12.0. The summed E-state index contributed by atoms with van der Waals surface area (Å²) < 4.78 is 4.94. The van der Waals surface area contributed by atoms with E-state index < -0.39 is 5.97 Å². The molecule has 0 heterocycles. The van der Waals surface area contributed by atoms with E-state index >= 15 is 0 Å². The van der Waals surface area contributed by atoms with E-state index in [0.717, 1.165) is 32.1 Å². The predicted molar refractivity (Wildman–Crippen MR) is 59.1 cm³/mol. The minimum Gasteiger partial charge on any atom is -0.481 e. The van der Waals surface area contributed by atoms with E-state index in [4.69, 9.17) is 4.74 Å². The van der Waals surface area contributed by atoms with Gasteiger partial charge in [0.05, 0.1) is 18.4 Å². The van der Waals surface area contributed by atoms with Gasteiger partial charge in [0, 0.05) is 0 Å². The lowest BCUT2D eigenvalue weighted by molar-refractivity contribution is -0.182. The van der Waals surface area contributed by atoms with E-state index in [1.807, 2.05) is 0 Å². The summed E-state index contributed by atoms with van der Waals surface area (Å²) >= 11 is 0. The van der Waals surface area contributed by atoms with Gasteiger partial charge in [-0.1, -0.05) is 0 Å². The molecule has 0 aliphatic heterocycles. The van der Waals surface area contributed by atoms with Crippen LogP contribution in [0.3, 0.4) is 0 Å². The van der Waals surface area contributed by atoms with Crippen LogP contribution in [0.15, 0.2) is 0 Å². The topological polar surface area (TPSA) is 63.6 Å². The highest BCUT2D eigenvalue weighted by Crippen LogP contribution is 2.62. The van der Waals surface area contributed by atoms with Crippen LogP contribution < -0.4 is 0 Å². The summed E-state index contributed by atoms with van der Waals surface area (Å²) in [6.07, 6.45) is 4.35. The van der Waals surface area contributed by atoms with Gasteiger partial charge in [-0.2, -0.15) is 0 Å². The Bertz CT molecular complexity index is 360. The third-order valence-electron chi connectivity index (χ3n) is 5.18. The number of ether oxygens (including phenoxy) is 1. The van der Waals surface area contributed by atoms with E-state index in [0.29, 0.717) is 5.92 Å². The van der Waals surface area contributed by atoms with E-state index in [9.17, 15) is 14.7 Å². The summed E-state index contributed by atoms with van der Waals surface area (Å²) in [5, 5.41) is 9.31. The first-order chi connectivity index (χ1) is 8.05. The van der Waals surface area contributed by atoms with Gasteiger partial charge >= 0.3 is 11.9 Å². The SMILES string of the molecule is COC(=O)C12CC3CC(C1)C(C(=O)O)C(C3)C2. The maximum Gasteiger partial charge on any atom is 0.311 e. The number of methoxy groups -OCH3 is 1. The van der Waals surface area contributed by atoms with E-state index in [1.54, 1.807) is 0 Å². The summed E-state index contributed by atoms with van der Waals surface area (Å²) in [7, 11) is 1.44. The van der Waals surface area contributed by atoms with E-state index in [-0.39, 0.29) is 29.1 Å². The highest BCUT2D eigenvalue weighted by molar-refractivity contribution is 5.79. The minimum absolute atomic E-state index is 0.110. The molecule has 2 unspecified atom stereocenters. The lowest BCUT2D eigenvalue weighted by Crippen LogP contribution is -2.56. The first-order valence-electron chi connectivity index (χ1n) is 6.37. The van der Waals surface area contributed by atoms with Crippen molar-refractivity contribution < 1.29 is 19.4 Å². The van der Waals surface area contributed by atoms with Crippen molar-refractivity contribution in [1.82, 2.24) is 0 Å². The number of carbonyl (C=O) groups excluding carboxylic acids is 1. The number of aliphatic carboxylic acids is 1. The van der Waals surface area contributed by atoms with Gasteiger partial charge < -0.3 is 9.84 Å². The maximum absolute atomic E-state index is 12.0. The number of carboxylic acid groups (broad SMARTS) is 1. The second kappa shape index (κ2) is 3.47. The molecule has 2 atom stereocenters. The Hall–Kier alpha value is -1.06. The van der Waals surface area contributed by atoms with Crippen LogP contribution in [0.1, 0.15) is 32.1 Å². The van der Waals surface area contributed by atoms with E-state index in [1.165, 1.54) is 7.11 Å². The Balaban J connectivity index is 1.92. The summed E-state index contributed by atoms with van der Waals surface area (Å²) in [5.74, 6) is -0.0678. The number of rotatable bonds is 2. The lowest BCUT2D eigenvalue weighted by atomic mass is 9.46. The molecule has 0 radical (unpaired) electrons. The highest BCUT2D eigenvalue weighted by atomic mass is 16.5. The molecule has 4 fully saturated rings. The van der Waals surface area contributed by atoms with Gasteiger partial charge in [0.2, 0.25) is 0 Å². The summed E-state index contributed by atoms with van der Waals surface area (Å²) in [5.41, 5.74) is -0.350. The molecule has 0 spiro atoms. The summed E-state index contributed by atoms with van der Waals surface area (Å²) in [6, 6.07) is 0. The molecule has 4 nitrogen and oxygen atoms in total. The van der Waals surface area contributed by atoms with Crippen molar-refractivity contribution in [3.63, 3.8) is 0 Å². The zero-order valence-electron chi connectivity index (χ0n) is 10.0. The van der Waals surface area contributed by atoms with Crippen LogP contribution >= 0.6 is 0 Å². The van der Waals surface area contributed by atoms with Gasteiger partial charge in [-0.15, -0.1) is 0 Å². The molecule has 4 heteroatoms. The van der Waals surface area contributed by atoms with Crippen molar-refractivity contribution in [2.75, 3.05) is 7.11 Å². The van der Waals surface area contributed by atoms with Crippen molar-refractivity contribution in [3.8, 4) is 0 Å². The van der Waals surface area contributed by atoms with Crippen molar-refractivity contribution in [2.24, 2.45) is 29.1 Å². The van der Waals surface area contributed by atoms with Crippen LogP contribution in [0, 0.1) is 29.1 Å². The molecule has 0 amide bonds. The summed E-state index contributed by atoms with van der Waals surface area (Å²) in [4.78, 5) is 23.3. The molecule has 4 saturated carbocycles. The van der Waals surface area contributed by atoms with E-state index in [2.05, 4.69) is 0 Å². The van der Waals surface area contributed by atoms with Gasteiger partial charge in [-0.25, -0.2) is 0 Å². The number of hydrogen-bond acceptors (Lipinski definition) is 3. The lowest BCUT2D eigenvalue weighted by Gasteiger charge is -2.57. The molecular weight excluding hydrogens is 220 g/mol. The molecule has 1 N–H and O–H groups in total. The Morgan fingerprint density at radius 3 is 2.24 bits per heavy atom. The Kier molecular flexibility index (Phi) is 2.25. The van der Waals surface area contributed by atoms with Crippen LogP contribution in [-0.4, -0.2) is 24.2 Å². The van der Waals surface area contributed by atoms with Gasteiger partial charge in [0.1, 0.15) is 0 Å². The van der Waals surface area contributed by atoms with Crippen LogP contribution in [0.25, 0.3) is 0 Å². The van der Waals surface area contributed by atoms with Crippen molar-refractivity contribution in [3.05, 3.63) is 0 Å². The molecule has 0 aromatic rings. The van der Waals surface area contributed by atoms with Crippen LogP contribution in [0.4, 0.5) is 0 Å². The molecule has 4 bridgehead atoms. The molecule has 17 heavy (non-hydrogen) atoms. The Morgan fingerprint density at radius 2 is 1.76 bits per heavy atom. The zero-order valence-corrected chi connectivity index (χ0v) is 10.0. The Labute approximate surface area is 100 Å². The highest BCUT2D eigenvalue weighted by Gasteiger charge is 2.60. The molecule has 0 aromatic heterocycles. The first-order valence-corrected chi connectivity index (χ1v) is 6.37. The van der Waals surface area contributed by atoms with Crippen molar-refractivity contribution in [2.45, 2.75) is 32.1 Å². The average molecular weight is 238 g/mol. The largest absolute Gasteiger partial charge is 0.481 e. The zero-order chi connectivity index (χ0) is 12.2. The molecule has 4 aliphatic carbocycles. The Morgan fingerprint density at radius 1 is 1.18 bits per heavy atom. The minimum atomic E-state index is -0.668. The van der Waals surface area contributed by atoms with Crippen LogP contribution in [-0.2, 0) is 14.3 Å². The van der Waals surface area contributed by atoms with Gasteiger partial charge in [0.15, 0.2) is 0 Å². The second-order valence-corrected chi connectivity index (χ2v) is 6.11. The number of hydrogen-bond donors (Lipinski definition) is 1. The average Bonchev–Trinajstić information content (AvgIpc) is 2.25. The standard InChI is InChI=1S/C13H18O4/c1-17-12(16)13-4-7-2-8(5-13)10(11(14)15)9(3-7)6-13/h7-10H,2-6H2,1H3,(H,14,15). The third-order valence-corrected chi connectivity index (χ3v) is 5.18.